The molecule has 3 rings (SSSR count). The largest absolute Gasteiger partial charge is 0.489 e. The molecule has 2 unspecified atom stereocenters. The molecular weight excluding hydrogens is 493 g/mol. The topological polar surface area (TPSA) is 18.5 Å². The molecule has 0 saturated carbocycles. The van der Waals surface area contributed by atoms with Gasteiger partial charge in [0.1, 0.15) is 18.1 Å². The zero-order valence-electron chi connectivity index (χ0n) is 22.2. The second-order valence-corrected chi connectivity index (χ2v) is 12.7. The van der Waals surface area contributed by atoms with Crippen LogP contribution in [0, 0.1) is 29.4 Å². The normalized spacial score (nSPS) is 13.0. The lowest BCUT2D eigenvalue weighted by molar-refractivity contribution is 0.229. The molecule has 6 heteroatoms. The Labute approximate surface area is 222 Å². The molecule has 0 saturated heterocycles. The monoisotopic (exact) mass is 530 g/mol. The molecule has 2 nitrogen and oxygen atoms in total. The summed E-state index contributed by atoms with van der Waals surface area (Å²) in [6, 6.07) is 15.4. The van der Waals surface area contributed by atoms with Crippen LogP contribution in [0.1, 0.15) is 70.6 Å². The van der Waals surface area contributed by atoms with Gasteiger partial charge >= 0.3 is 0 Å². The predicted octanol–water partition coefficient (Wildman–Crippen LogP) is 9.00. The van der Waals surface area contributed by atoms with Crippen LogP contribution in [-0.4, -0.2) is 0 Å². The molecular formula is C30H37F2O2PS. The first-order valence-electron chi connectivity index (χ1n) is 12.1. The third kappa shape index (κ3) is 7.01. The molecule has 0 spiro atoms. The van der Waals surface area contributed by atoms with Gasteiger partial charge in [0, 0.05) is 15.8 Å². The van der Waals surface area contributed by atoms with Crippen molar-refractivity contribution in [1.82, 2.24) is 0 Å². The van der Waals surface area contributed by atoms with Gasteiger partial charge < -0.3 is 9.47 Å². The summed E-state index contributed by atoms with van der Waals surface area (Å²) in [5, 5.41) is 0.172. The van der Waals surface area contributed by atoms with Crippen LogP contribution in [0.4, 0.5) is 8.78 Å². The number of halogens is 2. The quantitative estimate of drug-likeness (QED) is 0.243. The Morgan fingerprint density at radius 2 is 1.42 bits per heavy atom. The van der Waals surface area contributed by atoms with Crippen LogP contribution < -0.4 is 14.8 Å². The van der Waals surface area contributed by atoms with Gasteiger partial charge in [0.05, 0.1) is 0 Å². The second kappa shape index (κ2) is 11.1. The van der Waals surface area contributed by atoms with Crippen molar-refractivity contribution < 1.29 is 18.3 Å². The molecule has 0 amide bonds. The summed E-state index contributed by atoms with van der Waals surface area (Å²) in [5.74, 6) is -0.570. The molecule has 0 radical (unpaired) electrons. The average Bonchev–Trinajstić information content (AvgIpc) is 2.81. The first-order chi connectivity index (χ1) is 16.7. The summed E-state index contributed by atoms with van der Waals surface area (Å²) < 4.78 is 40.5. The Balaban J connectivity index is 1.66. The Hall–Kier alpha value is -2.10. The fourth-order valence-electron chi connectivity index (χ4n) is 4.16. The standard InChI is InChI=1S/C30H37F2O2PS/c1-18-24(31)26(25(32)27(35)28(18)36)34-22-14-12-21(13-15-22)33-17-19-8-10-20(11-9-19)23(30(5,6)7)16-29(2,3)4/h8-15,23,36H,16-17,35H2,1-7H3. The zero-order chi connectivity index (χ0) is 26.8. The van der Waals surface area contributed by atoms with Gasteiger partial charge in [-0.2, -0.15) is 0 Å². The third-order valence-corrected chi connectivity index (χ3v) is 7.63. The second-order valence-electron chi connectivity index (χ2n) is 11.6. The van der Waals surface area contributed by atoms with E-state index in [1.54, 1.807) is 24.3 Å². The maximum atomic E-state index is 14.6. The smallest absolute Gasteiger partial charge is 0.199 e. The van der Waals surface area contributed by atoms with Crippen LogP contribution in [0.5, 0.6) is 17.2 Å². The molecule has 36 heavy (non-hydrogen) atoms. The van der Waals surface area contributed by atoms with Gasteiger partial charge in [-0.15, -0.1) is 21.9 Å². The fraction of sp³-hybridized carbons (Fsp3) is 0.400. The summed E-state index contributed by atoms with van der Waals surface area (Å²) in [7, 11) is 2.24. The molecule has 0 aliphatic heterocycles. The summed E-state index contributed by atoms with van der Waals surface area (Å²) in [6.07, 6.45) is 1.12. The van der Waals surface area contributed by atoms with Crippen molar-refractivity contribution in [3.63, 3.8) is 0 Å². The zero-order valence-corrected chi connectivity index (χ0v) is 24.3. The van der Waals surface area contributed by atoms with E-state index in [1.165, 1.54) is 12.5 Å². The SMILES string of the molecule is Cc1c(F)c(Oc2ccc(OCc3ccc(C(CC(C)(C)C)C(C)(C)C)cc3)cc2)c(F)c(P)c1S. The molecule has 0 aromatic heterocycles. The minimum absolute atomic E-state index is 0.172. The molecule has 0 aliphatic rings. The van der Waals surface area contributed by atoms with E-state index >= 15 is 0 Å². The van der Waals surface area contributed by atoms with Crippen LogP contribution in [0.2, 0.25) is 0 Å². The first kappa shape index (κ1) is 28.5. The maximum Gasteiger partial charge on any atom is 0.199 e. The summed E-state index contributed by atoms with van der Waals surface area (Å²) >= 11 is 4.16. The van der Waals surface area contributed by atoms with Gasteiger partial charge in [-0.1, -0.05) is 65.8 Å². The van der Waals surface area contributed by atoms with Gasteiger partial charge in [0.15, 0.2) is 17.4 Å². The fourth-order valence-corrected chi connectivity index (χ4v) is 4.70. The summed E-state index contributed by atoms with van der Waals surface area (Å²) in [4.78, 5) is 0.252. The number of rotatable bonds is 7. The van der Waals surface area contributed by atoms with Crippen molar-refractivity contribution in [2.75, 3.05) is 0 Å². The Bertz CT molecular complexity index is 1170. The van der Waals surface area contributed by atoms with Crippen molar-refractivity contribution >= 4 is 27.2 Å². The predicted molar refractivity (Wildman–Crippen MR) is 151 cm³/mol. The number of hydrogen-bond donors (Lipinski definition) is 1. The highest BCUT2D eigenvalue weighted by Crippen LogP contribution is 2.43. The molecule has 0 fully saturated rings. The van der Waals surface area contributed by atoms with E-state index < -0.39 is 17.4 Å². The molecule has 3 aromatic rings. The number of ether oxygens (including phenoxy) is 2. The molecule has 0 bridgehead atoms. The average molecular weight is 531 g/mol. The first-order valence-corrected chi connectivity index (χ1v) is 13.2. The van der Waals surface area contributed by atoms with Gasteiger partial charge in [-0.05, 0) is 65.5 Å². The van der Waals surface area contributed by atoms with E-state index in [4.69, 9.17) is 9.47 Å². The lowest BCUT2D eigenvalue weighted by Crippen LogP contribution is -2.23. The lowest BCUT2D eigenvalue weighted by Gasteiger charge is -2.36. The molecule has 0 N–H and O–H groups in total. The molecule has 2 atom stereocenters. The minimum atomic E-state index is -0.784. The van der Waals surface area contributed by atoms with Gasteiger partial charge in [-0.3, -0.25) is 0 Å². The van der Waals surface area contributed by atoms with Crippen LogP contribution in [0.3, 0.4) is 0 Å². The van der Waals surface area contributed by atoms with E-state index in [0.717, 1.165) is 12.0 Å². The Kier molecular flexibility index (Phi) is 8.78. The van der Waals surface area contributed by atoms with Crippen LogP contribution in [0.15, 0.2) is 53.4 Å². The number of benzene rings is 3. The lowest BCUT2D eigenvalue weighted by atomic mass is 9.69. The highest BCUT2D eigenvalue weighted by molar-refractivity contribution is 7.80. The number of thiol groups is 1. The molecule has 0 heterocycles. The van der Waals surface area contributed by atoms with Crippen LogP contribution in [0.25, 0.3) is 0 Å². The molecule has 0 aliphatic carbocycles. The Morgan fingerprint density at radius 3 is 1.94 bits per heavy atom. The van der Waals surface area contributed by atoms with Gasteiger partial charge in [-0.25, -0.2) is 8.78 Å². The Morgan fingerprint density at radius 1 is 0.861 bits per heavy atom. The van der Waals surface area contributed by atoms with Crippen molar-refractivity contribution in [1.29, 1.82) is 0 Å². The highest BCUT2D eigenvalue weighted by atomic mass is 32.1. The van der Waals surface area contributed by atoms with E-state index in [1.807, 2.05) is 0 Å². The minimum Gasteiger partial charge on any atom is -0.489 e. The number of hydrogen-bond acceptors (Lipinski definition) is 3. The summed E-state index contributed by atoms with van der Waals surface area (Å²) in [5.41, 5.74) is 3.07. The van der Waals surface area contributed by atoms with Gasteiger partial charge in [0.25, 0.3) is 0 Å². The molecule has 3 aromatic carbocycles. The third-order valence-electron chi connectivity index (χ3n) is 6.27. The highest BCUT2D eigenvalue weighted by Gasteiger charge is 2.30. The van der Waals surface area contributed by atoms with Crippen molar-refractivity contribution in [2.24, 2.45) is 10.8 Å². The van der Waals surface area contributed by atoms with E-state index in [0.29, 0.717) is 24.0 Å². The maximum absolute atomic E-state index is 14.6. The van der Waals surface area contributed by atoms with Crippen LogP contribution >= 0.6 is 21.9 Å². The van der Waals surface area contributed by atoms with Crippen molar-refractivity contribution in [3.05, 3.63) is 76.9 Å². The van der Waals surface area contributed by atoms with Gasteiger partial charge in [0.2, 0.25) is 0 Å². The molecule has 194 valence electrons. The van der Waals surface area contributed by atoms with E-state index in [2.05, 4.69) is 87.7 Å². The van der Waals surface area contributed by atoms with E-state index in [9.17, 15) is 8.78 Å². The van der Waals surface area contributed by atoms with E-state index in [-0.39, 0.29) is 26.6 Å². The van der Waals surface area contributed by atoms with Crippen molar-refractivity contribution in [3.8, 4) is 17.2 Å². The van der Waals surface area contributed by atoms with Crippen molar-refractivity contribution in [2.45, 2.75) is 72.3 Å². The summed E-state index contributed by atoms with van der Waals surface area (Å²) in [6.45, 7) is 15.7. The van der Waals surface area contributed by atoms with Crippen LogP contribution in [-0.2, 0) is 6.61 Å².